The van der Waals surface area contributed by atoms with Crippen LogP contribution < -0.4 is 15.4 Å². The number of rotatable bonds is 11. The van der Waals surface area contributed by atoms with E-state index < -0.39 is 18.6 Å². The van der Waals surface area contributed by atoms with Crippen molar-refractivity contribution in [1.29, 1.82) is 0 Å². The number of ether oxygens (including phenoxy) is 2. The SMILES string of the molecule is CCNC(=NCc1ccc(C)cc1OCCCOC)NCC(=O)N(C)CC(F)(F)F. The number of aliphatic imine (C=N–C) groups is 1. The lowest BCUT2D eigenvalue weighted by Crippen LogP contribution is -2.45. The minimum absolute atomic E-state index is 0.280. The summed E-state index contributed by atoms with van der Waals surface area (Å²) in [6, 6.07) is 5.78. The zero-order valence-electron chi connectivity index (χ0n) is 17.9. The molecule has 0 saturated heterocycles. The number of guanidine groups is 1. The number of amides is 1. The average Bonchev–Trinajstić information content (AvgIpc) is 2.66. The van der Waals surface area contributed by atoms with Crippen LogP contribution in [0.3, 0.4) is 0 Å². The van der Waals surface area contributed by atoms with Crippen LogP contribution in [0, 0.1) is 6.92 Å². The molecule has 0 atom stereocenters. The van der Waals surface area contributed by atoms with E-state index in [1.807, 2.05) is 32.0 Å². The maximum absolute atomic E-state index is 12.4. The zero-order chi connectivity index (χ0) is 22.6. The summed E-state index contributed by atoms with van der Waals surface area (Å²) >= 11 is 0. The van der Waals surface area contributed by atoms with Crippen molar-refractivity contribution < 1.29 is 27.4 Å². The summed E-state index contributed by atoms with van der Waals surface area (Å²) < 4.78 is 48.1. The molecule has 0 radical (unpaired) electrons. The fourth-order valence-corrected chi connectivity index (χ4v) is 2.47. The Morgan fingerprint density at radius 3 is 2.60 bits per heavy atom. The first-order valence-electron chi connectivity index (χ1n) is 9.70. The van der Waals surface area contributed by atoms with E-state index in [1.165, 1.54) is 0 Å². The highest BCUT2D eigenvalue weighted by Gasteiger charge is 2.31. The molecule has 0 aliphatic heterocycles. The highest BCUT2D eigenvalue weighted by atomic mass is 19.4. The van der Waals surface area contributed by atoms with E-state index in [9.17, 15) is 18.0 Å². The normalized spacial score (nSPS) is 11.9. The molecule has 1 aromatic carbocycles. The van der Waals surface area contributed by atoms with Crippen LogP contribution in [0.5, 0.6) is 5.75 Å². The quantitative estimate of drug-likeness (QED) is 0.319. The molecule has 0 unspecified atom stereocenters. The number of alkyl halides is 3. The molecule has 0 bridgehead atoms. The zero-order valence-corrected chi connectivity index (χ0v) is 17.9. The number of nitrogens with one attached hydrogen (secondary N) is 2. The third kappa shape index (κ3) is 10.3. The monoisotopic (exact) mass is 432 g/mol. The van der Waals surface area contributed by atoms with Gasteiger partial charge in [-0.3, -0.25) is 4.79 Å². The van der Waals surface area contributed by atoms with Crippen LogP contribution in [-0.4, -0.2) is 69.9 Å². The lowest BCUT2D eigenvalue weighted by molar-refractivity contribution is -0.157. The average molecular weight is 432 g/mol. The first-order valence-corrected chi connectivity index (χ1v) is 9.70. The van der Waals surface area contributed by atoms with E-state index >= 15 is 0 Å². The molecule has 0 heterocycles. The Hall–Kier alpha value is -2.49. The first-order chi connectivity index (χ1) is 14.2. The number of carbonyl (C=O) groups is 1. The number of nitrogens with zero attached hydrogens (tertiary/aromatic N) is 2. The molecule has 0 aromatic heterocycles. The van der Waals surface area contributed by atoms with Gasteiger partial charge in [0.1, 0.15) is 12.3 Å². The lowest BCUT2D eigenvalue weighted by atomic mass is 10.1. The fraction of sp³-hybridized carbons (Fsp3) is 0.600. The van der Waals surface area contributed by atoms with Gasteiger partial charge in [0.2, 0.25) is 5.91 Å². The van der Waals surface area contributed by atoms with Gasteiger partial charge in [0.05, 0.1) is 19.7 Å². The van der Waals surface area contributed by atoms with Crippen molar-refractivity contribution in [3.05, 3.63) is 29.3 Å². The smallest absolute Gasteiger partial charge is 0.406 e. The van der Waals surface area contributed by atoms with Crippen molar-refractivity contribution in [3.63, 3.8) is 0 Å². The molecule has 2 N–H and O–H groups in total. The van der Waals surface area contributed by atoms with E-state index in [-0.39, 0.29) is 13.1 Å². The van der Waals surface area contributed by atoms with Crippen LogP contribution in [0.25, 0.3) is 0 Å². The van der Waals surface area contributed by atoms with Gasteiger partial charge in [-0.15, -0.1) is 0 Å². The predicted octanol–water partition coefficient (Wildman–Crippen LogP) is 2.49. The van der Waals surface area contributed by atoms with Gasteiger partial charge in [-0.05, 0) is 25.5 Å². The van der Waals surface area contributed by atoms with E-state index in [0.717, 1.165) is 24.6 Å². The van der Waals surface area contributed by atoms with Gasteiger partial charge < -0.3 is 25.0 Å². The molecule has 0 aliphatic rings. The Kier molecular flexibility index (Phi) is 11.0. The number of likely N-dealkylation sites (N-methyl/N-ethyl adjacent to an activating group) is 1. The van der Waals surface area contributed by atoms with Crippen molar-refractivity contribution in [2.24, 2.45) is 4.99 Å². The number of hydrogen-bond acceptors (Lipinski definition) is 4. The molecule has 0 aliphatic carbocycles. The van der Waals surface area contributed by atoms with Gasteiger partial charge in [0.15, 0.2) is 5.96 Å². The lowest BCUT2D eigenvalue weighted by Gasteiger charge is -2.20. The maximum atomic E-state index is 12.4. The topological polar surface area (TPSA) is 75.2 Å². The van der Waals surface area contributed by atoms with Crippen LogP contribution >= 0.6 is 0 Å². The molecule has 0 fully saturated rings. The van der Waals surface area contributed by atoms with E-state index in [0.29, 0.717) is 36.4 Å². The maximum Gasteiger partial charge on any atom is 0.406 e. The molecule has 170 valence electrons. The van der Waals surface area contributed by atoms with Crippen molar-refractivity contribution in [1.82, 2.24) is 15.5 Å². The Bertz CT molecular complexity index is 696. The van der Waals surface area contributed by atoms with Crippen molar-refractivity contribution in [2.45, 2.75) is 33.0 Å². The number of halogens is 3. The highest BCUT2D eigenvalue weighted by molar-refractivity contribution is 5.86. The second-order valence-electron chi connectivity index (χ2n) is 6.72. The van der Waals surface area contributed by atoms with Gasteiger partial charge >= 0.3 is 6.18 Å². The number of benzene rings is 1. The van der Waals surface area contributed by atoms with Crippen molar-refractivity contribution >= 4 is 11.9 Å². The summed E-state index contributed by atoms with van der Waals surface area (Å²) in [7, 11) is 2.74. The van der Waals surface area contributed by atoms with Gasteiger partial charge in [-0.25, -0.2) is 4.99 Å². The molecule has 10 heteroatoms. The molecular formula is C20H31F3N4O3. The minimum atomic E-state index is -4.44. The second-order valence-corrected chi connectivity index (χ2v) is 6.72. The molecule has 30 heavy (non-hydrogen) atoms. The molecule has 0 saturated carbocycles. The third-order valence-corrected chi connectivity index (χ3v) is 3.97. The van der Waals surface area contributed by atoms with Gasteiger partial charge in [0.25, 0.3) is 0 Å². The van der Waals surface area contributed by atoms with Crippen LogP contribution in [-0.2, 0) is 16.1 Å². The van der Waals surface area contributed by atoms with E-state index in [1.54, 1.807) is 7.11 Å². The highest BCUT2D eigenvalue weighted by Crippen LogP contribution is 2.21. The Morgan fingerprint density at radius 2 is 1.97 bits per heavy atom. The first kappa shape index (κ1) is 25.5. The molecular weight excluding hydrogens is 401 g/mol. The predicted molar refractivity (Wildman–Crippen MR) is 110 cm³/mol. The summed E-state index contributed by atoms with van der Waals surface area (Å²) in [5.74, 6) is 0.360. The largest absolute Gasteiger partial charge is 0.493 e. The second kappa shape index (κ2) is 12.9. The Labute approximate surface area is 175 Å². The molecule has 0 spiro atoms. The van der Waals surface area contributed by atoms with Gasteiger partial charge in [0, 0.05) is 39.3 Å². The van der Waals surface area contributed by atoms with Crippen LogP contribution in [0.4, 0.5) is 13.2 Å². The van der Waals surface area contributed by atoms with Gasteiger partial charge in [-0.2, -0.15) is 13.2 Å². The molecule has 1 amide bonds. The fourth-order valence-electron chi connectivity index (χ4n) is 2.47. The van der Waals surface area contributed by atoms with E-state index in [4.69, 9.17) is 9.47 Å². The van der Waals surface area contributed by atoms with Crippen LogP contribution in [0.15, 0.2) is 23.2 Å². The van der Waals surface area contributed by atoms with Gasteiger partial charge in [-0.1, -0.05) is 12.1 Å². The van der Waals surface area contributed by atoms with E-state index in [2.05, 4.69) is 15.6 Å². The summed E-state index contributed by atoms with van der Waals surface area (Å²) in [5.41, 5.74) is 1.91. The summed E-state index contributed by atoms with van der Waals surface area (Å²) in [5, 5.41) is 5.75. The van der Waals surface area contributed by atoms with Crippen molar-refractivity contribution in [2.75, 3.05) is 47.0 Å². The Morgan fingerprint density at radius 1 is 1.23 bits per heavy atom. The number of carbonyl (C=O) groups excluding carboxylic acids is 1. The Balaban J connectivity index is 2.74. The third-order valence-electron chi connectivity index (χ3n) is 3.97. The molecule has 1 aromatic rings. The number of aryl methyl sites for hydroxylation is 1. The minimum Gasteiger partial charge on any atom is -0.493 e. The van der Waals surface area contributed by atoms with Crippen molar-refractivity contribution in [3.8, 4) is 5.75 Å². The van der Waals surface area contributed by atoms with Crippen LogP contribution in [0.1, 0.15) is 24.5 Å². The number of methoxy groups -OCH3 is 1. The molecule has 7 nitrogen and oxygen atoms in total. The van der Waals surface area contributed by atoms with Crippen LogP contribution in [0.2, 0.25) is 0 Å². The summed E-state index contributed by atoms with van der Waals surface area (Å²) in [4.78, 5) is 17.0. The summed E-state index contributed by atoms with van der Waals surface area (Å²) in [6.45, 7) is 4.14. The standard InChI is InChI=1S/C20H31F3N4O3/c1-5-24-19(26-13-18(28)27(3)14-20(21,22)23)25-12-16-8-7-15(2)11-17(16)30-10-6-9-29-4/h7-8,11H,5-6,9-10,12-14H2,1-4H3,(H2,24,25,26). The summed E-state index contributed by atoms with van der Waals surface area (Å²) in [6.07, 6.45) is -3.68. The molecule has 1 rings (SSSR count). The number of hydrogen-bond donors (Lipinski definition) is 2.